The molecule has 0 saturated carbocycles. The predicted molar refractivity (Wildman–Crippen MR) is 136 cm³/mol. The van der Waals surface area contributed by atoms with Crippen molar-refractivity contribution < 1.29 is 28.2 Å². The molecule has 0 radical (unpaired) electrons. The fourth-order valence-corrected chi connectivity index (χ4v) is 4.27. The highest BCUT2D eigenvalue weighted by Crippen LogP contribution is 2.34. The molecule has 36 heavy (non-hydrogen) atoms. The number of hydrogen-bond donors (Lipinski definition) is 1. The lowest BCUT2D eigenvalue weighted by molar-refractivity contribution is -0.127. The number of benzene rings is 3. The molecule has 0 aromatic heterocycles. The average Bonchev–Trinajstić information content (AvgIpc) is 3.12. The van der Waals surface area contributed by atoms with Crippen molar-refractivity contribution in [3.05, 3.63) is 94.1 Å². The molecule has 1 N–H and O–H groups in total. The third-order valence-electron chi connectivity index (χ3n) is 5.34. The Morgan fingerprint density at radius 2 is 1.81 bits per heavy atom. The maximum Gasteiger partial charge on any atom is 0.294 e. The molecule has 0 unspecified atom stereocenters. The molecule has 3 amide bonds. The zero-order valence-electron chi connectivity index (χ0n) is 19.6. The molecule has 1 heterocycles. The van der Waals surface area contributed by atoms with Gasteiger partial charge in [0.15, 0.2) is 11.5 Å². The summed E-state index contributed by atoms with van der Waals surface area (Å²) in [6.45, 7) is 1.56. The summed E-state index contributed by atoms with van der Waals surface area (Å²) in [6.07, 6.45) is 1.55. The van der Waals surface area contributed by atoms with Crippen LogP contribution in [0.4, 0.5) is 14.9 Å². The van der Waals surface area contributed by atoms with Crippen LogP contribution in [0.15, 0.2) is 71.6 Å². The van der Waals surface area contributed by atoms with E-state index in [0.29, 0.717) is 28.3 Å². The predicted octanol–water partition coefficient (Wildman–Crippen LogP) is 5.40. The Morgan fingerprint density at radius 3 is 2.53 bits per heavy atom. The van der Waals surface area contributed by atoms with Gasteiger partial charge < -0.3 is 14.8 Å². The summed E-state index contributed by atoms with van der Waals surface area (Å²) < 4.78 is 25.0. The SMILES string of the molecule is COc1cc(C=C2SC(=O)N(CC(=O)Nc3ccc(C)cc3)C2=O)ccc1OCc1ccccc1F. The van der Waals surface area contributed by atoms with Gasteiger partial charge in [-0.2, -0.15) is 0 Å². The van der Waals surface area contributed by atoms with E-state index in [-0.39, 0.29) is 23.9 Å². The minimum Gasteiger partial charge on any atom is -0.493 e. The molecule has 0 spiro atoms. The Bertz CT molecular complexity index is 1340. The summed E-state index contributed by atoms with van der Waals surface area (Å²) in [5, 5.41) is 2.16. The summed E-state index contributed by atoms with van der Waals surface area (Å²) in [5.41, 5.74) is 2.63. The first-order valence-corrected chi connectivity index (χ1v) is 11.8. The van der Waals surface area contributed by atoms with Crippen molar-refractivity contribution in [3.63, 3.8) is 0 Å². The first kappa shape index (κ1) is 25.0. The van der Waals surface area contributed by atoms with Crippen LogP contribution < -0.4 is 14.8 Å². The molecule has 7 nitrogen and oxygen atoms in total. The van der Waals surface area contributed by atoms with Crippen LogP contribution in [0.5, 0.6) is 11.5 Å². The number of rotatable bonds is 8. The third-order valence-corrected chi connectivity index (χ3v) is 6.24. The van der Waals surface area contributed by atoms with Gasteiger partial charge in [0.05, 0.1) is 12.0 Å². The second-order valence-electron chi connectivity index (χ2n) is 7.97. The zero-order chi connectivity index (χ0) is 25.7. The quantitative estimate of drug-likeness (QED) is 0.412. The van der Waals surface area contributed by atoms with Crippen LogP contribution in [0.2, 0.25) is 0 Å². The second-order valence-corrected chi connectivity index (χ2v) is 8.97. The number of hydrogen-bond acceptors (Lipinski definition) is 6. The number of nitrogens with one attached hydrogen (secondary N) is 1. The maximum atomic E-state index is 13.9. The van der Waals surface area contributed by atoms with Gasteiger partial charge >= 0.3 is 0 Å². The Morgan fingerprint density at radius 1 is 1.06 bits per heavy atom. The number of carbonyl (C=O) groups excluding carboxylic acids is 3. The summed E-state index contributed by atoms with van der Waals surface area (Å²) in [6, 6.07) is 18.5. The van der Waals surface area contributed by atoms with E-state index in [4.69, 9.17) is 9.47 Å². The van der Waals surface area contributed by atoms with Crippen molar-refractivity contribution in [2.45, 2.75) is 13.5 Å². The third kappa shape index (κ3) is 5.92. The van der Waals surface area contributed by atoms with Crippen molar-refractivity contribution >= 4 is 40.6 Å². The van der Waals surface area contributed by atoms with Gasteiger partial charge in [-0.3, -0.25) is 19.3 Å². The number of nitrogens with zero attached hydrogens (tertiary/aromatic N) is 1. The molecule has 1 aliphatic heterocycles. The molecule has 3 aromatic carbocycles. The van der Waals surface area contributed by atoms with Crippen molar-refractivity contribution in [2.24, 2.45) is 0 Å². The molecule has 3 aromatic rings. The van der Waals surface area contributed by atoms with E-state index in [0.717, 1.165) is 22.2 Å². The molecule has 4 rings (SSSR count). The first-order chi connectivity index (χ1) is 17.3. The van der Waals surface area contributed by atoms with Gasteiger partial charge in [0.25, 0.3) is 11.1 Å². The van der Waals surface area contributed by atoms with Gasteiger partial charge in [0, 0.05) is 11.3 Å². The molecule has 1 saturated heterocycles. The van der Waals surface area contributed by atoms with Gasteiger partial charge in [-0.1, -0.05) is 42.0 Å². The second kappa shape index (κ2) is 11.1. The number of aryl methyl sites for hydroxylation is 1. The fraction of sp³-hybridized carbons (Fsp3) is 0.148. The number of thioether (sulfide) groups is 1. The van der Waals surface area contributed by atoms with E-state index >= 15 is 0 Å². The van der Waals surface area contributed by atoms with E-state index in [1.54, 1.807) is 54.6 Å². The molecule has 1 fully saturated rings. The fourth-order valence-electron chi connectivity index (χ4n) is 3.43. The minimum atomic E-state index is -0.553. The smallest absolute Gasteiger partial charge is 0.294 e. The van der Waals surface area contributed by atoms with E-state index in [1.807, 2.05) is 19.1 Å². The summed E-state index contributed by atoms with van der Waals surface area (Å²) in [4.78, 5) is 38.7. The number of carbonyl (C=O) groups is 3. The van der Waals surface area contributed by atoms with Gasteiger partial charge in [0.2, 0.25) is 5.91 Å². The molecule has 0 bridgehead atoms. The maximum absolute atomic E-state index is 13.9. The van der Waals surface area contributed by atoms with Crippen LogP contribution in [0.1, 0.15) is 16.7 Å². The summed E-state index contributed by atoms with van der Waals surface area (Å²) in [5.74, 6) is -0.602. The van der Waals surface area contributed by atoms with Crippen LogP contribution in [0.25, 0.3) is 6.08 Å². The van der Waals surface area contributed by atoms with Crippen LogP contribution in [0, 0.1) is 12.7 Å². The molecule has 1 aliphatic rings. The number of imide groups is 1. The number of methoxy groups -OCH3 is 1. The number of amides is 3. The van der Waals surface area contributed by atoms with Gasteiger partial charge in [-0.25, -0.2) is 4.39 Å². The molecular weight excluding hydrogens is 483 g/mol. The van der Waals surface area contributed by atoms with E-state index in [1.165, 1.54) is 13.2 Å². The highest BCUT2D eigenvalue weighted by Gasteiger charge is 2.36. The monoisotopic (exact) mass is 506 g/mol. The summed E-state index contributed by atoms with van der Waals surface area (Å²) >= 11 is 0.758. The minimum absolute atomic E-state index is 0.0198. The molecule has 9 heteroatoms. The first-order valence-electron chi connectivity index (χ1n) is 11.0. The van der Waals surface area contributed by atoms with Crippen LogP contribution in [0.3, 0.4) is 0 Å². The number of anilines is 1. The average molecular weight is 507 g/mol. The highest BCUT2D eigenvalue weighted by atomic mass is 32.2. The molecule has 0 aliphatic carbocycles. The Hall–Kier alpha value is -4.11. The number of halogens is 1. The molecule has 0 atom stereocenters. The molecule has 184 valence electrons. The van der Waals surface area contributed by atoms with Crippen LogP contribution in [-0.2, 0) is 16.2 Å². The normalized spacial score (nSPS) is 14.3. The van der Waals surface area contributed by atoms with Crippen molar-refractivity contribution in [2.75, 3.05) is 19.0 Å². The van der Waals surface area contributed by atoms with Crippen molar-refractivity contribution in [3.8, 4) is 11.5 Å². The van der Waals surface area contributed by atoms with Crippen LogP contribution in [-0.4, -0.2) is 35.6 Å². The Balaban J connectivity index is 1.43. The van der Waals surface area contributed by atoms with E-state index in [2.05, 4.69) is 5.32 Å². The lowest BCUT2D eigenvalue weighted by Crippen LogP contribution is -2.36. The highest BCUT2D eigenvalue weighted by molar-refractivity contribution is 8.18. The van der Waals surface area contributed by atoms with Gasteiger partial charge in [-0.05, 0) is 60.7 Å². The lowest BCUT2D eigenvalue weighted by Gasteiger charge is -2.13. The van der Waals surface area contributed by atoms with Crippen LogP contribution >= 0.6 is 11.8 Å². The standard InChI is InChI=1S/C27H23FN2O5S/c1-17-7-10-20(11-8-17)29-25(31)15-30-26(32)24(36-27(30)33)14-18-9-12-22(23(13-18)34-2)35-16-19-5-3-4-6-21(19)28/h3-14H,15-16H2,1-2H3,(H,29,31). The summed E-state index contributed by atoms with van der Waals surface area (Å²) in [7, 11) is 1.47. The molecular formula is C27H23FN2O5S. The largest absolute Gasteiger partial charge is 0.493 e. The van der Waals surface area contributed by atoms with E-state index < -0.39 is 17.1 Å². The lowest BCUT2D eigenvalue weighted by atomic mass is 10.1. The number of ether oxygens (including phenoxy) is 2. The van der Waals surface area contributed by atoms with Crippen molar-refractivity contribution in [1.82, 2.24) is 4.90 Å². The van der Waals surface area contributed by atoms with Gasteiger partial charge in [-0.15, -0.1) is 0 Å². The van der Waals surface area contributed by atoms with Crippen molar-refractivity contribution in [1.29, 1.82) is 0 Å². The topological polar surface area (TPSA) is 84.9 Å². The van der Waals surface area contributed by atoms with Gasteiger partial charge in [0.1, 0.15) is 19.0 Å². The van der Waals surface area contributed by atoms with E-state index in [9.17, 15) is 18.8 Å². The zero-order valence-corrected chi connectivity index (χ0v) is 20.4. The Labute approximate surface area is 211 Å². The Kier molecular flexibility index (Phi) is 7.70.